The predicted octanol–water partition coefficient (Wildman–Crippen LogP) is 1.36. The third-order valence-corrected chi connectivity index (χ3v) is 3.24. The summed E-state index contributed by atoms with van der Waals surface area (Å²) in [4.78, 5) is 2.49. The minimum atomic E-state index is 0.127. The van der Waals surface area contributed by atoms with Gasteiger partial charge in [0.05, 0.1) is 6.61 Å². The molecule has 2 rings (SSSR count). The van der Waals surface area contributed by atoms with Crippen molar-refractivity contribution in [3.63, 3.8) is 0 Å². The van der Waals surface area contributed by atoms with Crippen LogP contribution in [0.5, 0.6) is 0 Å². The molecule has 2 unspecified atom stereocenters. The van der Waals surface area contributed by atoms with Crippen LogP contribution in [0.1, 0.15) is 25.0 Å². The van der Waals surface area contributed by atoms with Crippen LogP contribution in [0, 0.1) is 0 Å². The first-order valence-electron chi connectivity index (χ1n) is 6.34. The molecule has 0 aromatic heterocycles. The van der Waals surface area contributed by atoms with Gasteiger partial charge in [-0.15, -0.1) is 0 Å². The van der Waals surface area contributed by atoms with Gasteiger partial charge >= 0.3 is 0 Å². The molecule has 0 bridgehead atoms. The number of nitrogens with zero attached hydrogens (tertiary/aromatic N) is 1. The Labute approximate surface area is 103 Å². The quantitative estimate of drug-likeness (QED) is 0.829. The molecule has 3 heteroatoms. The summed E-state index contributed by atoms with van der Waals surface area (Å²) in [5.74, 6) is 0. The minimum Gasteiger partial charge on any atom is -0.392 e. The highest BCUT2D eigenvalue weighted by Crippen LogP contribution is 2.11. The highest BCUT2D eigenvalue weighted by Gasteiger charge is 2.20. The molecule has 0 radical (unpaired) electrons. The Balaban J connectivity index is 1.95. The van der Waals surface area contributed by atoms with Crippen molar-refractivity contribution in [1.29, 1.82) is 0 Å². The van der Waals surface area contributed by atoms with E-state index in [2.05, 4.69) is 36.2 Å². The molecular formula is C14H22N2O. The molecule has 3 nitrogen and oxygen atoms in total. The molecule has 1 aromatic rings. The third-order valence-electron chi connectivity index (χ3n) is 3.24. The van der Waals surface area contributed by atoms with Gasteiger partial charge in [-0.05, 0) is 25.0 Å². The maximum Gasteiger partial charge on any atom is 0.0681 e. The second-order valence-electron chi connectivity index (χ2n) is 5.14. The maximum absolute atomic E-state index is 9.00. The predicted molar refractivity (Wildman–Crippen MR) is 69.7 cm³/mol. The van der Waals surface area contributed by atoms with Crippen LogP contribution in [0.25, 0.3) is 0 Å². The van der Waals surface area contributed by atoms with Crippen molar-refractivity contribution < 1.29 is 5.11 Å². The Bertz CT molecular complexity index is 340. The Morgan fingerprint density at radius 2 is 1.65 bits per heavy atom. The van der Waals surface area contributed by atoms with E-state index in [1.54, 1.807) is 0 Å². The van der Waals surface area contributed by atoms with E-state index >= 15 is 0 Å². The molecule has 94 valence electrons. The van der Waals surface area contributed by atoms with E-state index in [1.807, 2.05) is 12.1 Å². The lowest BCUT2D eigenvalue weighted by atomic mass is 10.1. The Kier molecular flexibility index (Phi) is 4.15. The van der Waals surface area contributed by atoms with Gasteiger partial charge in [0, 0.05) is 31.7 Å². The largest absolute Gasteiger partial charge is 0.392 e. The summed E-state index contributed by atoms with van der Waals surface area (Å²) < 4.78 is 0. The van der Waals surface area contributed by atoms with Crippen molar-refractivity contribution in [3.8, 4) is 0 Å². The van der Waals surface area contributed by atoms with E-state index in [1.165, 1.54) is 5.56 Å². The van der Waals surface area contributed by atoms with E-state index in [4.69, 9.17) is 5.11 Å². The number of hydrogen-bond acceptors (Lipinski definition) is 3. The molecule has 17 heavy (non-hydrogen) atoms. The van der Waals surface area contributed by atoms with Crippen LogP contribution < -0.4 is 5.32 Å². The van der Waals surface area contributed by atoms with Gasteiger partial charge in [-0.2, -0.15) is 0 Å². The van der Waals surface area contributed by atoms with Crippen molar-refractivity contribution in [1.82, 2.24) is 10.2 Å². The minimum absolute atomic E-state index is 0.127. The Morgan fingerprint density at radius 3 is 2.18 bits per heavy atom. The van der Waals surface area contributed by atoms with Crippen LogP contribution in [-0.4, -0.2) is 35.2 Å². The van der Waals surface area contributed by atoms with Gasteiger partial charge in [-0.3, -0.25) is 4.90 Å². The highest BCUT2D eigenvalue weighted by molar-refractivity contribution is 5.22. The number of nitrogens with one attached hydrogen (secondary N) is 1. The maximum atomic E-state index is 9.00. The van der Waals surface area contributed by atoms with Crippen LogP contribution in [0.3, 0.4) is 0 Å². The van der Waals surface area contributed by atoms with E-state index in [-0.39, 0.29) is 6.61 Å². The SMILES string of the molecule is CC1CN(Cc2ccc(CO)cc2)CC(C)N1. The molecule has 1 aromatic carbocycles. The zero-order valence-corrected chi connectivity index (χ0v) is 10.7. The normalized spacial score (nSPS) is 26.1. The van der Waals surface area contributed by atoms with Crippen LogP contribution in [0.2, 0.25) is 0 Å². The van der Waals surface area contributed by atoms with Crippen molar-refractivity contribution in [2.24, 2.45) is 0 Å². The Morgan fingerprint density at radius 1 is 1.12 bits per heavy atom. The second kappa shape index (κ2) is 5.63. The molecule has 1 heterocycles. The lowest BCUT2D eigenvalue weighted by Crippen LogP contribution is -2.53. The van der Waals surface area contributed by atoms with E-state index in [0.29, 0.717) is 12.1 Å². The molecule has 1 fully saturated rings. The zero-order chi connectivity index (χ0) is 12.3. The molecule has 0 aliphatic carbocycles. The van der Waals surface area contributed by atoms with Crippen molar-refractivity contribution >= 4 is 0 Å². The van der Waals surface area contributed by atoms with Gasteiger partial charge in [-0.1, -0.05) is 24.3 Å². The van der Waals surface area contributed by atoms with Crippen LogP contribution in [-0.2, 0) is 13.2 Å². The lowest BCUT2D eigenvalue weighted by Gasteiger charge is -2.36. The van der Waals surface area contributed by atoms with Gasteiger partial charge in [0.1, 0.15) is 0 Å². The number of benzene rings is 1. The summed E-state index contributed by atoms with van der Waals surface area (Å²) in [5, 5.41) is 12.5. The van der Waals surface area contributed by atoms with Crippen LogP contribution >= 0.6 is 0 Å². The van der Waals surface area contributed by atoms with Gasteiger partial charge in [0.2, 0.25) is 0 Å². The first-order valence-corrected chi connectivity index (χ1v) is 6.34. The highest BCUT2D eigenvalue weighted by atomic mass is 16.3. The van der Waals surface area contributed by atoms with Crippen molar-refractivity contribution in [2.75, 3.05) is 13.1 Å². The molecule has 2 N–H and O–H groups in total. The van der Waals surface area contributed by atoms with Crippen LogP contribution in [0.15, 0.2) is 24.3 Å². The summed E-state index contributed by atoms with van der Waals surface area (Å²) in [6.45, 7) is 7.80. The average Bonchev–Trinajstić information content (AvgIpc) is 2.28. The summed E-state index contributed by atoms with van der Waals surface area (Å²) in [6, 6.07) is 9.37. The number of piperazine rings is 1. The monoisotopic (exact) mass is 234 g/mol. The Hall–Kier alpha value is -0.900. The number of rotatable bonds is 3. The molecule has 1 saturated heterocycles. The number of aliphatic hydroxyl groups excluding tert-OH is 1. The standard InChI is InChI=1S/C14H22N2O/c1-11-7-16(8-12(2)15-11)9-13-3-5-14(10-17)6-4-13/h3-6,11-12,15,17H,7-10H2,1-2H3. The topological polar surface area (TPSA) is 35.5 Å². The summed E-state index contributed by atoms with van der Waals surface area (Å²) >= 11 is 0. The van der Waals surface area contributed by atoms with Gasteiger partial charge in [0.25, 0.3) is 0 Å². The number of hydrogen-bond donors (Lipinski definition) is 2. The molecule has 2 atom stereocenters. The molecular weight excluding hydrogens is 212 g/mol. The molecule has 0 spiro atoms. The fourth-order valence-electron chi connectivity index (χ4n) is 2.58. The smallest absolute Gasteiger partial charge is 0.0681 e. The first-order chi connectivity index (χ1) is 8.17. The summed E-state index contributed by atoms with van der Waals surface area (Å²) in [7, 11) is 0. The summed E-state index contributed by atoms with van der Waals surface area (Å²) in [6.07, 6.45) is 0. The van der Waals surface area contributed by atoms with Gasteiger partial charge < -0.3 is 10.4 Å². The van der Waals surface area contributed by atoms with Gasteiger partial charge in [-0.25, -0.2) is 0 Å². The van der Waals surface area contributed by atoms with Gasteiger partial charge in [0.15, 0.2) is 0 Å². The molecule has 1 aliphatic rings. The second-order valence-corrected chi connectivity index (χ2v) is 5.14. The van der Waals surface area contributed by atoms with Crippen molar-refractivity contribution in [2.45, 2.75) is 39.1 Å². The van der Waals surface area contributed by atoms with E-state index < -0.39 is 0 Å². The van der Waals surface area contributed by atoms with E-state index in [9.17, 15) is 0 Å². The molecule has 1 aliphatic heterocycles. The fourth-order valence-corrected chi connectivity index (χ4v) is 2.58. The third kappa shape index (κ3) is 3.53. The zero-order valence-electron chi connectivity index (χ0n) is 10.7. The number of aliphatic hydroxyl groups is 1. The summed E-state index contributed by atoms with van der Waals surface area (Å²) in [5.41, 5.74) is 2.30. The molecule has 0 amide bonds. The first kappa shape index (κ1) is 12.6. The van der Waals surface area contributed by atoms with Crippen molar-refractivity contribution in [3.05, 3.63) is 35.4 Å². The lowest BCUT2D eigenvalue weighted by molar-refractivity contribution is 0.166. The van der Waals surface area contributed by atoms with Crippen LogP contribution in [0.4, 0.5) is 0 Å². The molecule has 0 saturated carbocycles. The average molecular weight is 234 g/mol. The van der Waals surface area contributed by atoms with E-state index in [0.717, 1.165) is 25.2 Å². The fraction of sp³-hybridized carbons (Fsp3) is 0.571.